The topological polar surface area (TPSA) is 63.2 Å². The van der Waals surface area contributed by atoms with Crippen LogP contribution in [0, 0.1) is 6.92 Å². The van der Waals surface area contributed by atoms with Crippen LogP contribution < -0.4 is 15.4 Å². The number of pyridine rings is 1. The quantitative estimate of drug-likeness (QED) is 0.648. The number of amides is 1. The molecule has 27 heavy (non-hydrogen) atoms. The van der Waals surface area contributed by atoms with Crippen LogP contribution in [0.1, 0.15) is 21.5 Å². The summed E-state index contributed by atoms with van der Waals surface area (Å²) in [6.45, 7) is 2.48. The van der Waals surface area contributed by atoms with E-state index in [2.05, 4.69) is 15.6 Å². The maximum atomic E-state index is 12.5. The summed E-state index contributed by atoms with van der Waals surface area (Å²) in [4.78, 5) is 16.6. The molecule has 3 aromatic rings. The molecule has 0 saturated heterocycles. The summed E-state index contributed by atoms with van der Waals surface area (Å²) in [5, 5.41) is 6.70. The van der Waals surface area contributed by atoms with Crippen LogP contribution in [-0.2, 0) is 6.54 Å². The second kappa shape index (κ2) is 8.56. The Morgan fingerprint density at radius 1 is 1.15 bits per heavy atom. The van der Waals surface area contributed by atoms with Crippen LogP contribution >= 0.6 is 11.6 Å². The third-order valence-corrected chi connectivity index (χ3v) is 4.38. The van der Waals surface area contributed by atoms with E-state index in [1.54, 1.807) is 37.6 Å². The third-order valence-electron chi connectivity index (χ3n) is 4.14. The van der Waals surface area contributed by atoms with Crippen molar-refractivity contribution in [1.29, 1.82) is 0 Å². The van der Waals surface area contributed by atoms with Crippen molar-refractivity contribution in [2.45, 2.75) is 13.5 Å². The first kappa shape index (κ1) is 18.7. The Hall–Kier alpha value is -3.05. The average Bonchev–Trinajstić information content (AvgIpc) is 2.67. The minimum Gasteiger partial charge on any atom is -0.495 e. The highest BCUT2D eigenvalue weighted by Crippen LogP contribution is 2.30. The summed E-state index contributed by atoms with van der Waals surface area (Å²) >= 11 is 6.06. The van der Waals surface area contributed by atoms with Gasteiger partial charge in [0.2, 0.25) is 0 Å². The number of nitrogens with zero attached hydrogens (tertiary/aromatic N) is 1. The number of nitrogens with one attached hydrogen (secondary N) is 2. The number of methoxy groups -OCH3 is 1. The SMILES string of the molecule is COc1ccc(Cl)cc1Nc1cncc(C(=O)NCc2ccccc2C)c1. The summed E-state index contributed by atoms with van der Waals surface area (Å²) in [6.07, 6.45) is 3.17. The Morgan fingerprint density at radius 3 is 2.74 bits per heavy atom. The van der Waals surface area contributed by atoms with Crippen molar-refractivity contribution in [2.75, 3.05) is 12.4 Å². The molecule has 2 aromatic carbocycles. The molecule has 0 bridgehead atoms. The molecule has 5 nitrogen and oxygen atoms in total. The molecule has 1 aromatic heterocycles. The average molecular weight is 382 g/mol. The fourth-order valence-electron chi connectivity index (χ4n) is 2.65. The zero-order valence-electron chi connectivity index (χ0n) is 15.1. The molecule has 0 aliphatic carbocycles. The molecule has 0 radical (unpaired) electrons. The number of anilines is 2. The van der Waals surface area contributed by atoms with Crippen molar-refractivity contribution >= 4 is 28.9 Å². The second-order valence-electron chi connectivity index (χ2n) is 6.04. The van der Waals surface area contributed by atoms with E-state index < -0.39 is 0 Å². The van der Waals surface area contributed by atoms with E-state index in [0.717, 1.165) is 11.1 Å². The predicted octanol–water partition coefficient (Wildman–Crippen LogP) is 4.73. The van der Waals surface area contributed by atoms with E-state index in [4.69, 9.17) is 16.3 Å². The fourth-order valence-corrected chi connectivity index (χ4v) is 2.82. The number of carbonyl (C=O) groups excluding carboxylic acids is 1. The smallest absolute Gasteiger partial charge is 0.253 e. The number of aryl methyl sites for hydroxylation is 1. The minimum atomic E-state index is -0.188. The van der Waals surface area contributed by atoms with Crippen molar-refractivity contribution < 1.29 is 9.53 Å². The van der Waals surface area contributed by atoms with Crippen molar-refractivity contribution in [3.05, 3.63) is 82.6 Å². The van der Waals surface area contributed by atoms with E-state index >= 15 is 0 Å². The lowest BCUT2D eigenvalue weighted by molar-refractivity contribution is 0.0950. The third kappa shape index (κ3) is 4.77. The van der Waals surface area contributed by atoms with Gasteiger partial charge in [-0.25, -0.2) is 0 Å². The molecule has 0 aliphatic rings. The standard InChI is InChI=1S/C21H20ClN3O2/c1-14-5-3-4-6-15(14)12-24-21(26)16-9-18(13-23-11-16)25-19-10-17(22)7-8-20(19)27-2/h3-11,13,25H,12H2,1-2H3,(H,24,26). The monoisotopic (exact) mass is 381 g/mol. The summed E-state index contributed by atoms with van der Waals surface area (Å²) in [7, 11) is 1.59. The van der Waals surface area contributed by atoms with Gasteiger partial charge in [0.1, 0.15) is 5.75 Å². The molecule has 3 rings (SSSR count). The number of aromatic nitrogens is 1. The van der Waals surface area contributed by atoms with Gasteiger partial charge in [-0.05, 0) is 42.3 Å². The highest BCUT2D eigenvalue weighted by molar-refractivity contribution is 6.31. The normalized spacial score (nSPS) is 10.3. The van der Waals surface area contributed by atoms with Gasteiger partial charge in [0, 0.05) is 17.8 Å². The van der Waals surface area contributed by atoms with Gasteiger partial charge < -0.3 is 15.4 Å². The van der Waals surface area contributed by atoms with Gasteiger partial charge in [0.25, 0.3) is 5.91 Å². The summed E-state index contributed by atoms with van der Waals surface area (Å²) in [5.74, 6) is 0.460. The van der Waals surface area contributed by atoms with Crippen LogP contribution in [0.25, 0.3) is 0 Å². The van der Waals surface area contributed by atoms with Crippen molar-refractivity contribution in [1.82, 2.24) is 10.3 Å². The Kier molecular flexibility index (Phi) is 5.94. The molecular weight excluding hydrogens is 362 g/mol. The maximum Gasteiger partial charge on any atom is 0.253 e. The number of hydrogen-bond donors (Lipinski definition) is 2. The van der Waals surface area contributed by atoms with E-state index in [1.165, 1.54) is 6.20 Å². The molecule has 0 aliphatic heterocycles. The minimum absolute atomic E-state index is 0.188. The van der Waals surface area contributed by atoms with Crippen LogP contribution in [0.5, 0.6) is 5.75 Å². The van der Waals surface area contributed by atoms with E-state index in [-0.39, 0.29) is 5.91 Å². The van der Waals surface area contributed by atoms with Gasteiger partial charge in [-0.3, -0.25) is 9.78 Å². The highest BCUT2D eigenvalue weighted by Gasteiger charge is 2.10. The number of hydrogen-bond acceptors (Lipinski definition) is 4. The van der Waals surface area contributed by atoms with E-state index in [1.807, 2.05) is 31.2 Å². The number of rotatable bonds is 6. The first-order valence-electron chi connectivity index (χ1n) is 8.45. The molecule has 2 N–H and O–H groups in total. The lowest BCUT2D eigenvalue weighted by Gasteiger charge is -2.12. The Bertz CT molecular complexity index is 960. The first-order chi connectivity index (χ1) is 13.1. The van der Waals surface area contributed by atoms with Crippen LogP contribution in [0.4, 0.5) is 11.4 Å². The molecule has 6 heteroatoms. The van der Waals surface area contributed by atoms with Crippen LogP contribution in [0.3, 0.4) is 0 Å². The fraction of sp³-hybridized carbons (Fsp3) is 0.143. The number of benzene rings is 2. The van der Waals surface area contributed by atoms with Crippen LogP contribution in [0.15, 0.2) is 60.9 Å². The Labute approximate surface area is 163 Å². The molecule has 1 amide bonds. The molecule has 1 heterocycles. The van der Waals surface area contributed by atoms with Gasteiger partial charge in [0.15, 0.2) is 0 Å². The zero-order valence-corrected chi connectivity index (χ0v) is 15.9. The van der Waals surface area contributed by atoms with Crippen molar-refractivity contribution in [2.24, 2.45) is 0 Å². The van der Waals surface area contributed by atoms with Gasteiger partial charge in [0.05, 0.1) is 30.2 Å². The zero-order chi connectivity index (χ0) is 19.2. The summed E-state index contributed by atoms with van der Waals surface area (Å²) in [6, 6.07) is 15.0. The number of ether oxygens (including phenoxy) is 1. The van der Waals surface area contributed by atoms with Crippen LogP contribution in [0.2, 0.25) is 5.02 Å². The molecule has 0 fully saturated rings. The lowest BCUT2D eigenvalue weighted by atomic mass is 10.1. The Morgan fingerprint density at radius 2 is 1.96 bits per heavy atom. The first-order valence-corrected chi connectivity index (χ1v) is 8.83. The summed E-state index contributed by atoms with van der Waals surface area (Å²) in [5.41, 5.74) is 4.05. The summed E-state index contributed by atoms with van der Waals surface area (Å²) < 4.78 is 5.33. The van der Waals surface area contributed by atoms with Gasteiger partial charge in [-0.2, -0.15) is 0 Å². The second-order valence-corrected chi connectivity index (χ2v) is 6.48. The van der Waals surface area contributed by atoms with Gasteiger partial charge >= 0.3 is 0 Å². The van der Waals surface area contributed by atoms with Gasteiger partial charge in [-0.15, -0.1) is 0 Å². The predicted molar refractivity (Wildman–Crippen MR) is 108 cm³/mol. The molecule has 0 spiro atoms. The molecular formula is C21H20ClN3O2. The van der Waals surface area contributed by atoms with Crippen molar-refractivity contribution in [3.63, 3.8) is 0 Å². The number of halogens is 1. The largest absolute Gasteiger partial charge is 0.495 e. The van der Waals surface area contributed by atoms with E-state index in [0.29, 0.717) is 34.3 Å². The Balaban J connectivity index is 1.73. The highest BCUT2D eigenvalue weighted by atomic mass is 35.5. The molecule has 138 valence electrons. The maximum absolute atomic E-state index is 12.5. The van der Waals surface area contributed by atoms with Gasteiger partial charge in [-0.1, -0.05) is 35.9 Å². The lowest BCUT2D eigenvalue weighted by Crippen LogP contribution is -2.23. The van der Waals surface area contributed by atoms with E-state index in [9.17, 15) is 4.79 Å². The van der Waals surface area contributed by atoms with Crippen molar-refractivity contribution in [3.8, 4) is 5.75 Å². The molecule has 0 unspecified atom stereocenters. The molecule has 0 saturated carbocycles. The van der Waals surface area contributed by atoms with Crippen LogP contribution in [-0.4, -0.2) is 18.0 Å². The molecule has 0 atom stereocenters. The number of carbonyl (C=O) groups is 1.